The second kappa shape index (κ2) is 5.14. The molecule has 0 bridgehead atoms. The molecule has 1 rings (SSSR count). The van der Waals surface area contributed by atoms with Crippen LogP contribution in [-0.4, -0.2) is 45.1 Å². The molecule has 0 radical (unpaired) electrons. The molecule has 0 spiro atoms. The van der Waals surface area contributed by atoms with Crippen LogP contribution in [0.2, 0.25) is 0 Å². The molecule has 0 aliphatic carbocycles. The molecule has 6 heteroatoms. The predicted octanol–water partition coefficient (Wildman–Crippen LogP) is 0.264. The van der Waals surface area contributed by atoms with Gasteiger partial charge in [-0.05, 0) is 18.6 Å². The molecular weight excluding hydrogens is 213 g/mol. The van der Waals surface area contributed by atoms with E-state index in [4.69, 9.17) is 5.73 Å². The number of para-hydroxylation sites is 1. The van der Waals surface area contributed by atoms with E-state index < -0.39 is 10.1 Å². The fraction of sp³-hybridized carbons (Fsp3) is 0.250. The van der Waals surface area contributed by atoms with Gasteiger partial charge >= 0.3 is 29.6 Å². The molecule has 0 aliphatic heterocycles. The molecule has 1 aromatic rings. The minimum absolute atomic E-state index is 0. The third-order valence-electron chi connectivity index (χ3n) is 1.77. The number of aryl methyl sites for hydroxylation is 1. The average molecular weight is 225 g/mol. The second-order valence-electron chi connectivity index (χ2n) is 2.61. The van der Waals surface area contributed by atoms with E-state index in [1.54, 1.807) is 19.1 Å². The van der Waals surface area contributed by atoms with Crippen molar-refractivity contribution in [1.82, 2.24) is 0 Å². The van der Waals surface area contributed by atoms with Crippen LogP contribution in [0.3, 0.4) is 0 Å². The van der Waals surface area contributed by atoms with E-state index in [0.29, 0.717) is 0 Å². The van der Waals surface area contributed by atoms with Crippen LogP contribution in [0.15, 0.2) is 23.1 Å². The third-order valence-corrected chi connectivity index (χ3v) is 3.11. The van der Waals surface area contributed by atoms with Gasteiger partial charge in [-0.25, -0.2) is 0 Å². The summed E-state index contributed by atoms with van der Waals surface area (Å²) >= 11 is 0. The van der Waals surface area contributed by atoms with E-state index in [9.17, 15) is 8.42 Å². The summed E-state index contributed by atoms with van der Waals surface area (Å²) in [6, 6.07) is 4.78. The molecule has 0 atom stereocenters. The Bertz CT molecular complexity index is 417. The Morgan fingerprint density at radius 1 is 1.36 bits per heavy atom. The summed E-state index contributed by atoms with van der Waals surface area (Å²) in [5, 5.41) is 0. The first kappa shape index (κ1) is 13.9. The molecule has 1 aromatic carbocycles. The number of nitrogens with two attached hydrogens (primary N) is 1. The zero-order valence-electron chi connectivity index (χ0n) is 7.44. The Hall–Kier alpha value is -0.0700. The molecule has 0 amide bonds. The SMILES string of the molecule is COS(=O)(=O)c1cccc(C)c1N.[NaH]. The van der Waals surface area contributed by atoms with Gasteiger partial charge in [-0.3, -0.25) is 4.18 Å². The quantitative estimate of drug-likeness (QED) is 0.445. The van der Waals surface area contributed by atoms with Gasteiger partial charge in [0.15, 0.2) is 0 Å². The van der Waals surface area contributed by atoms with Crippen molar-refractivity contribution in [2.24, 2.45) is 0 Å². The number of benzene rings is 1. The van der Waals surface area contributed by atoms with Crippen molar-refractivity contribution in [1.29, 1.82) is 0 Å². The summed E-state index contributed by atoms with van der Waals surface area (Å²) < 4.78 is 26.9. The molecule has 14 heavy (non-hydrogen) atoms. The van der Waals surface area contributed by atoms with Crippen LogP contribution in [0.25, 0.3) is 0 Å². The number of anilines is 1. The predicted molar refractivity (Wildman–Crippen MR) is 56.9 cm³/mol. The van der Waals surface area contributed by atoms with E-state index >= 15 is 0 Å². The van der Waals surface area contributed by atoms with Crippen LogP contribution in [0.1, 0.15) is 5.56 Å². The summed E-state index contributed by atoms with van der Waals surface area (Å²) in [6.07, 6.45) is 0. The first-order valence-electron chi connectivity index (χ1n) is 3.65. The number of hydrogen-bond acceptors (Lipinski definition) is 4. The molecule has 74 valence electrons. The van der Waals surface area contributed by atoms with E-state index in [-0.39, 0.29) is 40.1 Å². The first-order valence-corrected chi connectivity index (χ1v) is 5.05. The van der Waals surface area contributed by atoms with E-state index in [2.05, 4.69) is 4.18 Å². The summed E-state index contributed by atoms with van der Waals surface area (Å²) in [6.45, 7) is 1.74. The van der Waals surface area contributed by atoms with Crippen LogP contribution in [0.5, 0.6) is 0 Å². The molecule has 0 aromatic heterocycles. The summed E-state index contributed by atoms with van der Waals surface area (Å²) in [5.74, 6) is 0. The monoisotopic (exact) mass is 225 g/mol. The van der Waals surface area contributed by atoms with Crippen molar-refractivity contribution in [3.05, 3.63) is 23.8 Å². The number of hydrogen-bond donors (Lipinski definition) is 1. The topological polar surface area (TPSA) is 69.4 Å². The third kappa shape index (κ3) is 2.71. The van der Waals surface area contributed by atoms with Gasteiger partial charge in [0, 0.05) is 0 Å². The molecule has 0 heterocycles. The van der Waals surface area contributed by atoms with Gasteiger partial charge in [-0.2, -0.15) is 8.42 Å². The van der Waals surface area contributed by atoms with Crippen LogP contribution >= 0.6 is 0 Å². The minimum atomic E-state index is -3.68. The van der Waals surface area contributed by atoms with Gasteiger partial charge in [0.1, 0.15) is 4.90 Å². The van der Waals surface area contributed by atoms with Crippen molar-refractivity contribution in [3.63, 3.8) is 0 Å². The summed E-state index contributed by atoms with van der Waals surface area (Å²) in [4.78, 5) is 0.0231. The van der Waals surface area contributed by atoms with Crippen molar-refractivity contribution in [3.8, 4) is 0 Å². The molecule has 0 fully saturated rings. The van der Waals surface area contributed by atoms with Gasteiger partial charge in [0.25, 0.3) is 10.1 Å². The van der Waals surface area contributed by atoms with Crippen LogP contribution in [-0.2, 0) is 14.3 Å². The Morgan fingerprint density at radius 3 is 2.43 bits per heavy atom. The number of rotatable bonds is 2. The van der Waals surface area contributed by atoms with Gasteiger partial charge < -0.3 is 5.73 Å². The molecule has 0 saturated carbocycles. The Balaban J connectivity index is 0.00000169. The number of nitrogen functional groups attached to an aromatic ring is 1. The molecular formula is C8H12NNaO3S. The van der Waals surface area contributed by atoms with Crippen molar-refractivity contribution < 1.29 is 12.6 Å². The van der Waals surface area contributed by atoms with Crippen molar-refractivity contribution in [2.45, 2.75) is 11.8 Å². The second-order valence-corrected chi connectivity index (χ2v) is 4.29. The zero-order valence-corrected chi connectivity index (χ0v) is 8.26. The van der Waals surface area contributed by atoms with E-state index in [0.717, 1.165) is 12.7 Å². The molecule has 0 saturated heterocycles. The molecule has 2 N–H and O–H groups in total. The molecule has 0 aliphatic rings. The summed E-state index contributed by atoms with van der Waals surface area (Å²) in [7, 11) is -2.57. The van der Waals surface area contributed by atoms with Crippen molar-refractivity contribution >= 4 is 45.4 Å². The normalized spacial score (nSPS) is 10.7. The maximum absolute atomic E-state index is 11.3. The van der Waals surface area contributed by atoms with Gasteiger partial charge in [-0.1, -0.05) is 12.1 Å². The average Bonchev–Trinajstić information content (AvgIpc) is 2.09. The summed E-state index contributed by atoms with van der Waals surface area (Å²) in [5.41, 5.74) is 6.55. The van der Waals surface area contributed by atoms with Crippen molar-refractivity contribution in [2.75, 3.05) is 12.8 Å². The van der Waals surface area contributed by atoms with Crippen LogP contribution in [0, 0.1) is 6.92 Å². The molecule has 4 nitrogen and oxygen atoms in total. The standard InChI is InChI=1S/C8H11NO3S.Na.H/c1-6-4-3-5-7(8(6)9)13(10,11)12-2;;/h3-5H,9H2,1-2H3;;. The van der Waals surface area contributed by atoms with E-state index in [1.807, 2.05) is 0 Å². The fourth-order valence-corrected chi connectivity index (χ4v) is 1.82. The van der Waals surface area contributed by atoms with Crippen LogP contribution in [0.4, 0.5) is 5.69 Å². The fourth-order valence-electron chi connectivity index (χ4n) is 0.962. The Morgan fingerprint density at radius 2 is 1.93 bits per heavy atom. The van der Waals surface area contributed by atoms with Gasteiger partial charge in [-0.15, -0.1) is 0 Å². The Kier molecular flexibility index (Phi) is 5.11. The Labute approximate surface area is 106 Å². The zero-order chi connectivity index (χ0) is 10.1. The van der Waals surface area contributed by atoms with Gasteiger partial charge in [0.2, 0.25) is 0 Å². The van der Waals surface area contributed by atoms with Crippen LogP contribution < -0.4 is 5.73 Å². The van der Waals surface area contributed by atoms with E-state index in [1.165, 1.54) is 6.07 Å². The first-order chi connectivity index (χ1) is 5.99. The maximum atomic E-state index is 11.3. The molecule has 0 unspecified atom stereocenters. The van der Waals surface area contributed by atoms with Gasteiger partial charge in [0.05, 0.1) is 12.8 Å².